The van der Waals surface area contributed by atoms with Gasteiger partial charge in [-0.05, 0) is 26.0 Å². The third-order valence-corrected chi connectivity index (χ3v) is 3.36. The highest BCUT2D eigenvalue weighted by Crippen LogP contribution is 2.26. The number of rotatable bonds is 2. The first-order valence-electron chi connectivity index (χ1n) is 5.93. The molecule has 0 fully saturated rings. The number of halogens is 1. The monoisotopic (exact) mass is 279 g/mol. The van der Waals surface area contributed by atoms with E-state index in [4.69, 9.17) is 16.3 Å². The summed E-state index contributed by atoms with van der Waals surface area (Å²) >= 11 is 6.21. The van der Waals surface area contributed by atoms with E-state index in [0.29, 0.717) is 10.9 Å². The van der Waals surface area contributed by atoms with Crippen molar-refractivity contribution in [3.05, 3.63) is 44.7 Å². The Kier molecular flexibility index (Phi) is 3.62. The van der Waals surface area contributed by atoms with E-state index in [1.165, 1.54) is 4.57 Å². The van der Waals surface area contributed by atoms with Crippen molar-refractivity contribution in [2.45, 2.75) is 13.8 Å². The fourth-order valence-corrected chi connectivity index (χ4v) is 2.31. The van der Waals surface area contributed by atoms with E-state index >= 15 is 0 Å². The first-order chi connectivity index (χ1) is 8.97. The molecule has 0 unspecified atom stereocenters. The quantitative estimate of drug-likeness (QED) is 0.794. The van der Waals surface area contributed by atoms with Gasteiger partial charge < -0.3 is 9.30 Å². The third-order valence-electron chi connectivity index (χ3n) is 2.97. The summed E-state index contributed by atoms with van der Waals surface area (Å²) in [6, 6.07) is 5.55. The van der Waals surface area contributed by atoms with Gasteiger partial charge in [-0.15, -0.1) is 0 Å². The largest absolute Gasteiger partial charge is 0.462 e. The van der Waals surface area contributed by atoms with Gasteiger partial charge in [-0.3, -0.25) is 4.79 Å². The summed E-state index contributed by atoms with van der Waals surface area (Å²) in [5, 5.41) is 0.826. The standard InChI is InChI=1S/C14H14ClNO3/c1-4-19-14(18)11-12(15)9-7-8(2)5-6-10(9)16(3)13(11)17/h5-7H,4H2,1-3H3. The fraction of sp³-hybridized carbons (Fsp3) is 0.286. The lowest BCUT2D eigenvalue weighted by Crippen LogP contribution is -2.26. The fourth-order valence-electron chi connectivity index (χ4n) is 2.00. The molecular formula is C14H14ClNO3. The van der Waals surface area contributed by atoms with Crippen LogP contribution in [0.15, 0.2) is 23.0 Å². The number of hydrogen-bond donors (Lipinski definition) is 0. The second-order valence-electron chi connectivity index (χ2n) is 4.29. The SMILES string of the molecule is CCOC(=O)c1c(Cl)c2cc(C)ccc2n(C)c1=O. The number of ether oxygens (including phenoxy) is 1. The van der Waals surface area contributed by atoms with Crippen molar-refractivity contribution >= 4 is 28.5 Å². The molecule has 0 bridgehead atoms. The molecule has 2 rings (SSSR count). The van der Waals surface area contributed by atoms with Gasteiger partial charge in [0.1, 0.15) is 5.56 Å². The van der Waals surface area contributed by atoms with Crippen molar-refractivity contribution in [1.29, 1.82) is 0 Å². The third kappa shape index (κ3) is 2.24. The minimum absolute atomic E-state index is 0.107. The van der Waals surface area contributed by atoms with Crippen molar-refractivity contribution < 1.29 is 9.53 Å². The van der Waals surface area contributed by atoms with Crippen LogP contribution in [0, 0.1) is 6.92 Å². The van der Waals surface area contributed by atoms with Gasteiger partial charge in [-0.1, -0.05) is 23.2 Å². The summed E-state index contributed by atoms with van der Waals surface area (Å²) in [7, 11) is 1.61. The van der Waals surface area contributed by atoms with Crippen molar-refractivity contribution in [1.82, 2.24) is 4.57 Å². The summed E-state index contributed by atoms with van der Waals surface area (Å²) in [4.78, 5) is 24.0. The number of aromatic nitrogens is 1. The van der Waals surface area contributed by atoms with Crippen molar-refractivity contribution in [3.8, 4) is 0 Å². The zero-order chi connectivity index (χ0) is 14.2. The predicted molar refractivity (Wildman–Crippen MR) is 74.9 cm³/mol. The van der Waals surface area contributed by atoms with Crippen LogP contribution in [-0.2, 0) is 11.8 Å². The van der Waals surface area contributed by atoms with Crippen LogP contribution in [0.5, 0.6) is 0 Å². The van der Waals surface area contributed by atoms with Crippen LogP contribution in [-0.4, -0.2) is 17.1 Å². The van der Waals surface area contributed by atoms with E-state index in [-0.39, 0.29) is 17.2 Å². The lowest BCUT2D eigenvalue weighted by Gasteiger charge is -2.11. The molecule has 0 atom stereocenters. The maximum absolute atomic E-state index is 12.2. The summed E-state index contributed by atoms with van der Waals surface area (Å²) in [5.41, 5.74) is 1.14. The van der Waals surface area contributed by atoms with E-state index in [1.807, 2.05) is 25.1 Å². The zero-order valence-electron chi connectivity index (χ0n) is 11.0. The number of nitrogens with zero attached hydrogens (tertiary/aromatic N) is 1. The summed E-state index contributed by atoms with van der Waals surface area (Å²) in [6.07, 6.45) is 0. The lowest BCUT2D eigenvalue weighted by molar-refractivity contribution is 0.0524. The highest BCUT2D eigenvalue weighted by atomic mass is 35.5. The summed E-state index contributed by atoms with van der Waals surface area (Å²) < 4.78 is 6.30. The Hall–Kier alpha value is -1.81. The van der Waals surface area contributed by atoms with Crippen LogP contribution in [0.3, 0.4) is 0 Å². The van der Waals surface area contributed by atoms with Crippen molar-refractivity contribution in [3.63, 3.8) is 0 Å². The molecule has 0 radical (unpaired) electrons. The van der Waals surface area contributed by atoms with Crippen LogP contribution in [0.2, 0.25) is 5.02 Å². The van der Waals surface area contributed by atoms with E-state index in [2.05, 4.69) is 0 Å². The minimum atomic E-state index is -0.684. The number of esters is 1. The van der Waals surface area contributed by atoms with Crippen LogP contribution < -0.4 is 5.56 Å². The molecule has 0 saturated heterocycles. The summed E-state index contributed by atoms with van der Waals surface area (Å²) in [5.74, 6) is -0.684. The molecule has 1 aromatic carbocycles. The number of benzene rings is 1. The molecule has 19 heavy (non-hydrogen) atoms. The number of carbonyl (C=O) groups is 1. The van der Waals surface area contributed by atoms with Gasteiger partial charge in [-0.2, -0.15) is 0 Å². The van der Waals surface area contributed by atoms with Gasteiger partial charge in [0, 0.05) is 12.4 Å². The molecule has 0 amide bonds. The Labute approximate surface area is 115 Å². The molecule has 0 aliphatic carbocycles. The van der Waals surface area contributed by atoms with Crippen molar-refractivity contribution in [2.24, 2.45) is 7.05 Å². The molecule has 5 heteroatoms. The topological polar surface area (TPSA) is 48.3 Å². The molecular weight excluding hydrogens is 266 g/mol. The predicted octanol–water partition coefficient (Wildman–Crippen LogP) is 2.68. The Balaban J connectivity index is 2.86. The van der Waals surface area contributed by atoms with Gasteiger partial charge in [0.05, 0.1) is 17.1 Å². The molecule has 0 saturated carbocycles. The molecule has 4 nitrogen and oxygen atoms in total. The molecule has 2 aromatic rings. The first-order valence-corrected chi connectivity index (χ1v) is 6.31. The smallest absolute Gasteiger partial charge is 0.345 e. The van der Waals surface area contributed by atoms with Crippen LogP contribution in [0.4, 0.5) is 0 Å². The number of carbonyl (C=O) groups excluding carboxylic acids is 1. The first kappa shape index (κ1) is 13.6. The molecule has 1 aromatic heterocycles. The van der Waals surface area contributed by atoms with Gasteiger partial charge in [-0.25, -0.2) is 4.79 Å². The van der Waals surface area contributed by atoms with Gasteiger partial charge in [0.2, 0.25) is 0 Å². The minimum Gasteiger partial charge on any atom is -0.462 e. The second kappa shape index (κ2) is 5.05. The average Bonchev–Trinajstić information content (AvgIpc) is 2.36. The Morgan fingerprint density at radius 1 is 1.42 bits per heavy atom. The molecule has 0 aliphatic heterocycles. The van der Waals surface area contributed by atoms with Gasteiger partial charge in [0.15, 0.2) is 0 Å². The van der Waals surface area contributed by atoms with Crippen LogP contribution in [0.25, 0.3) is 10.9 Å². The average molecular weight is 280 g/mol. The molecule has 0 N–H and O–H groups in total. The van der Waals surface area contributed by atoms with E-state index in [1.54, 1.807) is 14.0 Å². The molecule has 100 valence electrons. The highest BCUT2D eigenvalue weighted by Gasteiger charge is 2.21. The number of pyridine rings is 1. The Morgan fingerprint density at radius 2 is 2.11 bits per heavy atom. The zero-order valence-corrected chi connectivity index (χ0v) is 11.7. The summed E-state index contributed by atoms with van der Waals surface area (Å²) in [6.45, 7) is 3.80. The van der Waals surface area contributed by atoms with Gasteiger partial charge >= 0.3 is 5.97 Å². The normalized spacial score (nSPS) is 10.7. The Morgan fingerprint density at radius 3 is 2.74 bits per heavy atom. The van der Waals surface area contributed by atoms with Crippen LogP contribution in [0.1, 0.15) is 22.8 Å². The molecule has 0 spiro atoms. The molecule has 1 heterocycles. The second-order valence-corrected chi connectivity index (χ2v) is 4.67. The lowest BCUT2D eigenvalue weighted by atomic mass is 10.1. The van der Waals surface area contributed by atoms with Crippen LogP contribution >= 0.6 is 11.6 Å². The number of fused-ring (bicyclic) bond motifs is 1. The Bertz CT molecular complexity index is 719. The van der Waals surface area contributed by atoms with Gasteiger partial charge in [0.25, 0.3) is 5.56 Å². The van der Waals surface area contributed by atoms with E-state index in [9.17, 15) is 9.59 Å². The highest BCUT2D eigenvalue weighted by molar-refractivity contribution is 6.38. The maximum atomic E-state index is 12.2. The van der Waals surface area contributed by atoms with E-state index in [0.717, 1.165) is 5.56 Å². The van der Waals surface area contributed by atoms with E-state index < -0.39 is 11.5 Å². The van der Waals surface area contributed by atoms with Crippen molar-refractivity contribution in [2.75, 3.05) is 6.61 Å². The maximum Gasteiger partial charge on any atom is 0.345 e. The number of hydrogen-bond acceptors (Lipinski definition) is 3. The number of aryl methyl sites for hydroxylation is 2. The molecule has 0 aliphatic rings.